The van der Waals surface area contributed by atoms with E-state index in [9.17, 15) is 9.59 Å². The van der Waals surface area contributed by atoms with E-state index in [4.69, 9.17) is 14.2 Å². The summed E-state index contributed by atoms with van der Waals surface area (Å²) in [5.41, 5.74) is 0. The quantitative estimate of drug-likeness (QED) is 0.0345. The highest BCUT2D eigenvalue weighted by atomic mass is 16.6. The van der Waals surface area contributed by atoms with Crippen LogP contribution in [0.3, 0.4) is 0 Å². The van der Waals surface area contributed by atoms with E-state index in [2.05, 4.69) is 118 Å². The van der Waals surface area contributed by atoms with Gasteiger partial charge in [0, 0.05) is 19.4 Å². The van der Waals surface area contributed by atoms with Gasteiger partial charge >= 0.3 is 11.9 Å². The first kappa shape index (κ1) is 64.8. The number of allylic oxidation sites excluding steroid dienone is 16. The maximum absolute atomic E-state index is 12.9. The highest BCUT2D eigenvalue weighted by Gasteiger charge is 2.17. The van der Waals surface area contributed by atoms with Crippen molar-refractivity contribution in [1.29, 1.82) is 0 Å². The maximum atomic E-state index is 12.9. The molecule has 0 aromatic heterocycles. The molecule has 0 aliphatic carbocycles. The number of ether oxygens (including phenoxy) is 3. The van der Waals surface area contributed by atoms with Gasteiger partial charge in [0.1, 0.15) is 6.61 Å². The van der Waals surface area contributed by atoms with E-state index in [0.717, 1.165) is 116 Å². The number of rotatable bonds is 52. The molecule has 1 atom stereocenters. The third kappa shape index (κ3) is 55.4. The third-order valence-corrected chi connectivity index (χ3v) is 12.1. The average molecular weight is 946 g/mol. The molecule has 390 valence electrons. The second-order valence-electron chi connectivity index (χ2n) is 18.8. The predicted octanol–water partition coefficient (Wildman–Crippen LogP) is 19.8. The number of hydrogen-bond acceptors (Lipinski definition) is 5. The Morgan fingerprint density at radius 1 is 0.338 bits per heavy atom. The summed E-state index contributed by atoms with van der Waals surface area (Å²) in [6.07, 6.45) is 78.5. The molecule has 5 nitrogen and oxygen atoms in total. The van der Waals surface area contributed by atoms with Crippen molar-refractivity contribution in [1.82, 2.24) is 0 Å². The van der Waals surface area contributed by atoms with Crippen LogP contribution < -0.4 is 0 Å². The Balaban J connectivity index is 4.35. The minimum Gasteiger partial charge on any atom is -0.462 e. The molecule has 0 amide bonds. The van der Waals surface area contributed by atoms with Crippen LogP contribution in [0.2, 0.25) is 0 Å². The second kappa shape index (κ2) is 58.1. The Morgan fingerprint density at radius 2 is 0.662 bits per heavy atom. The standard InChI is InChI=1S/C63H108O5/c1-4-7-10-13-16-19-22-25-28-31-32-34-35-38-41-44-47-50-53-56-62(64)67-60-61(59-66-58-55-52-49-46-43-40-37-30-27-24-21-18-15-12-9-6-3)68-63(65)57-54-51-48-45-42-39-36-33-29-26-23-20-17-14-11-8-5-2/h7-8,10-11,16-17,19-20,25-26,28-29,32,34,38,41,61H,4-6,9,12-15,18,21-24,27,30-31,33,35-37,39-40,42-60H2,1-3H3/b10-7-,11-8-,19-16-,20-17-,28-25-,29-26-,34-32-,41-38-. The van der Waals surface area contributed by atoms with Gasteiger partial charge in [-0.15, -0.1) is 0 Å². The summed E-state index contributed by atoms with van der Waals surface area (Å²) in [7, 11) is 0. The lowest BCUT2D eigenvalue weighted by Gasteiger charge is -2.18. The molecule has 0 saturated carbocycles. The molecule has 0 aliphatic rings. The zero-order valence-electron chi connectivity index (χ0n) is 44.8. The van der Waals surface area contributed by atoms with Gasteiger partial charge in [-0.25, -0.2) is 0 Å². The fourth-order valence-electron chi connectivity index (χ4n) is 7.90. The van der Waals surface area contributed by atoms with Crippen molar-refractivity contribution in [3.05, 3.63) is 97.2 Å². The highest BCUT2D eigenvalue weighted by molar-refractivity contribution is 5.70. The fraction of sp³-hybridized carbons (Fsp3) is 0.714. The monoisotopic (exact) mass is 945 g/mol. The number of hydrogen-bond donors (Lipinski definition) is 0. The van der Waals surface area contributed by atoms with Crippen molar-refractivity contribution >= 4 is 11.9 Å². The van der Waals surface area contributed by atoms with Gasteiger partial charge in [0.15, 0.2) is 6.10 Å². The first-order valence-electron chi connectivity index (χ1n) is 28.8. The van der Waals surface area contributed by atoms with Crippen molar-refractivity contribution < 1.29 is 23.8 Å². The van der Waals surface area contributed by atoms with E-state index < -0.39 is 6.10 Å². The van der Waals surface area contributed by atoms with Crippen LogP contribution >= 0.6 is 0 Å². The fourth-order valence-corrected chi connectivity index (χ4v) is 7.90. The van der Waals surface area contributed by atoms with Gasteiger partial charge in [-0.05, 0) is 96.3 Å². The molecule has 0 fully saturated rings. The zero-order chi connectivity index (χ0) is 49.2. The molecule has 0 N–H and O–H groups in total. The van der Waals surface area contributed by atoms with Crippen molar-refractivity contribution in [2.24, 2.45) is 0 Å². The van der Waals surface area contributed by atoms with Crippen LogP contribution in [0.1, 0.15) is 265 Å². The Morgan fingerprint density at radius 3 is 1.07 bits per heavy atom. The summed E-state index contributed by atoms with van der Waals surface area (Å²) < 4.78 is 17.5. The summed E-state index contributed by atoms with van der Waals surface area (Å²) in [5, 5.41) is 0. The van der Waals surface area contributed by atoms with Gasteiger partial charge in [0.05, 0.1) is 6.61 Å². The van der Waals surface area contributed by atoms with Crippen molar-refractivity contribution in [2.45, 2.75) is 271 Å². The van der Waals surface area contributed by atoms with E-state index >= 15 is 0 Å². The molecule has 0 rings (SSSR count). The van der Waals surface area contributed by atoms with Gasteiger partial charge in [0.2, 0.25) is 0 Å². The smallest absolute Gasteiger partial charge is 0.306 e. The third-order valence-electron chi connectivity index (χ3n) is 12.1. The van der Waals surface area contributed by atoms with Crippen LogP contribution in [0.25, 0.3) is 0 Å². The molecule has 0 radical (unpaired) electrons. The molecule has 0 heterocycles. The Kier molecular flexibility index (Phi) is 55.4. The SMILES string of the molecule is CC/C=C\C/C=C\C/C=C\C/C=C\C/C=C\CCCCCC(=O)OCC(COCCCCCCCCCCCCCCCCCC)OC(=O)CCCCCCCCC/C=C\C/C=C\C/C=C\CC. The van der Waals surface area contributed by atoms with Crippen molar-refractivity contribution in [2.75, 3.05) is 19.8 Å². The molecular weight excluding hydrogens is 837 g/mol. The molecule has 0 spiro atoms. The Labute approximate surface area is 422 Å². The first-order chi connectivity index (χ1) is 33.6. The largest absolute Gasteiger partial charge is 0.462 e. The molecule has 0 bridgehead atoms. The summed E-state index contributed by atoms with van der Waals surface area (Å²) in [6.45, 7) is 7.59. The number of carbonyl (C=O) groups excluding carboxylic acids is 2. The minimum atomic E-state index is -0.559. The van der Waals surface area contributed by atoms with Gasteiger partial charge < -0.3 is 14.2 Å². The number of unbranched alkanes of at least 4 members (excludes halogenated alkanes) is 25. The summed E-state index contributed by atoms with van der Waals surface area (Å²) in [4.78, 5) is 25.5. The Bertz CT molecular complexity index is 1300. The lowest BCUT2D eigenvalue weighted by atomic mass is 10.0. The molecule has 0 saturated heterocycles. The van der Waals surface area contributed by atoms with Crippen molar-refractivity contribution in [3.8, 4) is 0 Å². The summed E-state index contributed by atoms with van der Waals surface area (Å²) in [5.74, 6) is -0.441. The molecule has 5 heteroatoms. The Hall–Kier alpha value is -3.18. The maximum Gasteiger partial charge on any atom is 0.306 e. The summed E-state index contributed by atoms with van der Waals surface area (Å²) >= 11 is 0. The number of carbonyl (C=O) groups is 2. The lowest BCUT2D eigenvalue weighted by molar-refractivity contribution is -0.163. The van der Waals surface area contributed by atoms with E-state index in [1.807, 2.05) is 0 Å². The van der Waals surface area contributed by atoms with Crippen LogP contribution in [0, 0.1) is 0 Å². The second-order valence-corrected chi connectivity index (χ2v) is 18.8. The normalized spacial score (nSPS) is 12.9. The average Bonchev–Trinajstić information content (AvgIpc) is 3.34. The van der Waals surface area contributed by atoms with Crippen LogP contribution in [0.5, 0.6) is 0 Å². The van der Waals surface area contributed by atoms with E-state index in [-0.39, 0.29) is 25.2 Å². The predicted molar refractivity (Wildman–Crippen MR) is 297 cm³/mol. The van der Waals surface area contributed by atoms with Crippen LogP contribution in [-0.2, 0) is 23.8 Å². The van der Waals surface area contributed by atoms with Gasteiger partial charge in [-0.3, -0.25) is 9.59 Å². The van der Waals surface area contributed by atoms with Gasteiger partial charge in [-0.2, -0.15) is 0 Å². The van der Waals surface area contributed by atoms with Crippen LogP contribution in [0.15, 0.2) is 97.2 Å². The molecule has 0 aliphatic heterocycles. The van der Waals surface area contributed by atoms with E-state index in [0.29, 0.717) is 19.4 Å². The molecule has 68 heavy (non-hydrogen) atoms. The van der Waals surface area contributed by atoms with Crippen molar-refractivity contribution in [3.63, 3.8) is 0 Å². The van der Waals surface area contributed by atoms with Crippen LogP contribution in [-0.4, -0.2) is 37.9 Å². The van der Waals surface area contributed by atoms with Crippen LogP contribution in [0.4, 0.5) is 0 Å². The van der Waals surface area contributed by atoms with Gasteiger partial charge in [0.25, 0.3) is 0 Å². The highest BCUT2D eigenvalue weighted by Crippen LogP contribution is 2.15. The summed E-state index contributed by atoms with van der Waals surface area (Å²) in [6, 6.07) is 0. The first-order valence-corrected chi connectivity index (χ1v) is 28.8. The van der Waals surface area contributed by atoms with Gasteiger partial charge in [-0.1, -0.05) is 253 Å². The molecular formula is C63H108O5. The van der Waals surface area contributed by atoms with E-state index in [1.54, 1.807) is 0 Å². The zero-order valence-corrected chi connectivity index (χ0v) is 44.8. The molecule has 0 aromatic rings. The topological polar surface area (TPSA) is 61.8 Å². The molecule has 1 unspecified atom stereocenters. The lowest BCUT2D eigenvalue weighted by Crippen LogP contribution is -2.30. The minimum absolute atomic E-state index is 0.0616. The van der Waals surface area contributed by atoms with E-state index in [1.165, 1.54) is 116 Å². The molecule has 0 aromatic carbocycles. The number of esters is 2.